The van der Waals surface area contributed by atoms with Crippen molar-refractivity contribution in [1.29, 1.82) is 0 Å². The minimum atomic E-state index is -1.15. The molecule has 0 saturated carbocycles. The smallest absolute Gasteiger partial charge is 0.326 e. The number of hydrogen-bond acceptors (Lipinski definition) is 5. The molecule has 10 heteroatoms. The lowest BCUT2D eigenvalue weighted by molar-refractivity contribution is -0.144. The van der Waals surface area contributed by atoms with Crippen LogP contribution in [0.15, 0.2) is 30.3 Å². The number of hydrogen-bond donors (Lipinski definition) is 4. The SMILES string of the molecule is CCCCCCCCCCCCCC(=O)N[C@@H](C)C(=O)N[C@@H](C)C(=O)N1CCC[C@H]1C(=O)N[C@@H](Cc1ccccc1)C(=O)O. The van der Waals surface area contributed by atoms with Crippen LogP contribution in [0.3, 0.4) is 0 Å². The highest BCUT2D eigenvalue weighted by atomic mass is 16.4. The summed E-state index contributed by atoms with van der Waals surface area (Å²) in [5.74, 6) is -2.78. The normalized spacial score (nSPS) is 16.5. The van der Waals surface area contributed by atoms with Crippen LogP contribution in [0.5, 0.6) is 0 Å². The number of likely N-dealkylation sites (tertiary alicyclic amines) is 1. The predicted octanol–water partition coefficient (Wildman–Crippen LogP) is 4.50. The second-order valence-corrected chi connectivity index (χ2v) is 12.1. The van der Waals surface area contributed by atoms with Crippen molar-refractivity contribution in [1.82, 2.24) is 20.9 Å². The second kappa shape index (κ2) is 20.5. The average Bonchev–Trinajstić information content (AvgIpc) is 3.49. The second-order valence-electron chi connectivity index (χ2n) is 12.1. The van der Waals surface area contributed by atoms with Gasteiger partial charge in [0, 0.05) is 19.4 Å². The molecule has 4 atom stereocenters. The molecule has 0 bridgehead atoms. The first kappa shape index (κ1) is 36.8. The van der Waals surface area contributed by atoms with Gasteiger partial charge in [-0.2, -0.15) is 0 Å². The first-order chi connectivity index (χ1) is 21.1. The summed E-state index contributed by atoms with van der Waals surface area (Å²) in [6, 6.07) is 5.34. The number of nitrogens with zero attached hydrogens (tertiary/aromatic N) is 1. The fraction of sp³-hybridized carbons (Fsp3) is 0.676. The number of aliphatic carboxylic acids is 1. The molecule has 1 saturated heterocycles. The molecule has 1 aliphatic heterocycles. The van der Waals surface area contributed by atoms with Crippen LogP contribution in [0.2, 0.25) is 0 Å². The summed E-state index contributed by atoms with van der Waals surface area (Å²) in [5, 5.41) is 17.6. The van der Waals surface area contributed by atoms with E-state index < -0.39 is 47.9 Å². The molecule has 10 nitrogen and oxygen atoms in total. The van der Waals surface area contributed by atoms with E-state index in [9.17, 15) is 29.1 Å². The van der Waals surface area contributed by atoms with Crippen molar-refractivity contribution in [3.8, 4) is 0 Å². The van der Waals surface area contributed by atoms with Gasteiger partial charge in [-0.3, -0.25) is 19.2 Å². The summed E-state index contributed by atoms with van der Waals surface area (Å²) in [5.41, 5.74) is 0.774. The van der Waals surface area contributed by atoms with Crippen molar-refractivity contribution < 1.29 is 29.1 Å². The van der Waals surface area contributed by atoms with Gasteiger partial charge >= 0.3 is 5.97 Å². The maximum atomic E-state index is 13.2. The molecule has 44 heavy (non-hydrogen) atoms. The number of carbonyl (C=O) groups excluding carboxylic acids is 4. The highest BCUT2D eigenvalue weighted by molar-refractivity contribution is 5.95. The molecule has 0 aliphatic carbocycles. The number of unbranched alkanes of at least 4 members (excludes halogenated alkanes) is 10. The van der Waals surface area contributed by atoms with Crippen LogP contribution in [0, 0.1) is 0 Å². The zero-order valence-electron chi connectivity index (χ0n) is 26.9. The number of carboxylic acid groups (broad SMARTS) is 1. The minimum Gasteiger partial charge on any atom is -0.480 e. The van der Waals surface area contributed by atoms with E-state index in [1.807, 2.05) is 6.07 Å². The van der Waals surface area contributed by atoms with Crippen LogP contribution in [0.4, 0.5) is 0 Å². The van der Waals surface area contributed by atoms with E-state index >= 15 is 0 Å². The quantitative estimate of drug-likeness (QED) is 0.150. The van der Waals surface area contributed by atoms with Crippen LogP contribution < -0.4 is 16.0 Å². The van der Waals surface area contributed by atoms with Crippen LogP contribution in [-0.2, 0) is 30.4 Å². The first-order valence-corrected chi connectivity index (χ1v) is 16.6. The molecule has 2 rings (SSSR count). The molecule has 0 unspecified atom stereocenters. The van der Waals surface area contributed by atoms with Crippen molar-refractivity contribution in [2.75, 3.05) is 6.54 Å². The van der Waals surface area contributed by atoms with Gasteiger partial charge in [0.1, 0.15) is 24.2 Å². The van der Waals surface area contributed by atoms with Crippen molar-refractivity contribution in [2.45, 2.75) is 141 Å². The van der Waals surface area contributed by atoms with Crippen molar-refractivity contribution in [3.05, 3.63) is 35.9 Å². The van der Waals surface area contributed by atoms with E-state index in [0.29, 0.717) is 25.8 Å². The maximum Gasteiger partial charge on any atom is 0.326 e. The Bertz CT molecular complexity index is 1050. The third-order valence-electron chi connectivity index (χ3n) is 8.24. The fourth-order valence-corrected chi connectivity index (χ4v) is 5.60. The summed E-state index contributed by atoms with van der Waals surface area (Å²) in [4.78, 5) is 64.6. The van der Waals surface area contributed by atoms with Crippen LogP contribution in [0.1, 0.15) is 116 Å². The van der Waals surface area contributed by atoms with E-state index in [-0.39, 0.29) is 12.3 Å². The van der Waals surface area contributed by atoms with Gasteiger partial charge < -0.3 is 26.0 Å². The monoisotopic (exact) mass is 614 g/mol. The van der Waals surface area contributed by atoms with Gasteiger partial charge in [-0.25, -0.2) is 4.79 Å². The highest BCUT2D eigenvalue weighted by Gasteiger charge is 2.38. The fourth-order valence-electron chi connectivity index (χ4n) is 5.60. The van der Waals surface area contributed by atoms with Crippen LogP contribution >= 0.6 is 0 Å². The highest BCUT2D eigenvalue weighted by Crippen LogP contribution is 2.19. The van der Waals surface area contributed by atoms with Gasteiger partial charge in [0.05, 0.1) is 0 Å². The topological polar surface area (TPSA) is 145 Å². The summed E-state index contributed by atoms with van der Waals surface area (Å²) < 4.78 is 0. The van der Waals surface area contributed by atoms with Crippen molar-refractivity contribution in [3.63, 3.8) is 0 Å². The zero-order chi connectivity index (χ0) is 32.3. The number of carboxylic acids is 1. The number of amides is 4. The first-order valence-electron chi connectivity index (χ1n) is 16.6. The molecular formula is C34H54N4O6. The molecule has 4 N–H and O–H groups in total. The van der Waals surface area contributed by atoms with Crippen molar-refractivity contribution in [2.24, 2.45) is 0 Å². The molecular weight excluding hydrogens is 560 g/mol. The molecule has 246 valence electrons. The Balaban J connectivity index is 1.71. The molecule has 1 aliphatic rings. The number of benzene rings is 1. The largest absolute Gasteiger partial charge is 0.480 e. The molecule has 1 aromatic rings. The molecule has 1 aromatic carbocycles. The lowest BCUT2D eigenvalue weighted by Gasteiger charge is -2.28. The molecule has 4 amide bonds. The van der Waals surface area contributed by atoms with Gasteiger partial charge in [0.15, 0.2) is 0 Å². The van der Waals surface area contributed by atoms with E-state index in [1.54, 1.807) is 38.1 Å². The third kappa shape index (κ3) is 13.5. The van der Waals surface area contributed by atoms with Crippen LogP contribution in [-0.4, -0.2) is 70.3 Å². The zero-order valence-corrected chi connectivity index (χ0v) is 26.9. The Labute approximate surface area is 263 Å². The van der Waals surface area contributed by atoms with Gasteiger partial charge in [-0.1, -0.05) is 101 Å². The Hall–Kier alpha value is -3.43. The Morgan fingerprint density at radius 2 is 1.41 bits per heavy atom. The number of nitrogens with one attached hydrogen (secondary N) is 3. The summed E-state index contributed by atoms with van der Waals surface area (Å²) in [7, 11) is 0. The number of carbonyl (C=O) groups is 5. The molecule has 1 heterocycles. The van der Waals surface area contributed by atoms with Gasteiger partial charge in [0.25, 0.3) is 0 Å². The standard InChI is InChI=1S/C34H54N4O6/c1-4-5-6-7-8-9-10-11-12-13-17-22-30(39)35-25(2)31(40)36-26(3)33(42)38-23-18-21-29(38)32(41)37-28(34(43)44)24-27-19-15-14-16-20-27/h14-16,19-20,25-26,28-29H,4-13,17-18,21-24H2,1-3H3,(H,35,39)(H,36,40)(H,37,41)(H,43,44)/t25-,26-,28-,29-/m0/s1. The van der Waals surface area contributed by atoms with E-state index in [1.165, 1.54) is 56.3 Å². The Morgan fingerprint density at radius 1 is 0.818 bits per heavy atom. The van der Waals surface area contributed by atoms with E-state index in [2.05, 4.69) is 22.9 Å². The lowest BCUT2D eigenvalue weighted by Crippen LogP contribution is -2.56. The lowest BCUT2D eigenvalue weighted by atomic mass is 10.1. The van der Waals surface area contributed by atoms with Gasteiger partial charge in [-0.05, 0) is 38.7 Å². The molecule has 1 fully saturated rings. The molecule has 0 aromatic heterocycles. The summed E-state index contributed by atoms with van der Waals surface area (Å²) in [6.45, 7) is 5.68. The minimum absolute atomic E-state index is 0.123. The van der Waals surface area contributed by atoms with E-state index in [0.717, 1.165) is 24.8 Å². The number of rotatable bonds is 21. The maximum absolute atomic E-state index is 13.2. The Morgan fingerprint density at radius 3 is 2.00 bits per heavy atom. The van der Waals surface area contributed by atoms with Crippen molar-refractivity contribution >= 4 is 29.6 Å². The summed E-state index contributed by atoms with van der Waals surface area (Å²) in [6.07, 6.45) is 14.6. The predicted molar refractivity (Wildman–Crippen MR) is 171 cm³/mol. The third-order valence-corrected chi connectivity index (χ3v) is 8.24. The van der Waals surface area contributed by atoms with Gasteiger partial charge in [0.2, 0.25) is 23.6 Å². The summed E-state index contributed by atoms with van der Waals surface area (Å²) >= 11 is 0. The van der Waals surface area contributed by atoms with Crippen LogP contribution in [0.25, 0.3) is 0 Å². The van der Waals surface area contributed by atoms with Gasteiger partial charge in [-0.15, -0.1) is 0 Å². The molecule has 0 radical (unpaired) electrons. The average molecular weight is 615 g/mol. The molecule has 0 spiro atoms. The van der Waals surface area contributed by atoms with E-state index in [4.69, 9.17) is 0 Å². The Kier molecular flexibility index (Phi) is 17.1.